The van der Waals surface area contributed by atoms with Crippen LogP contribution in [-0.2, 0) is 13.7 Å². The van der Waals surface area contributed by atoms with Gasteiger partial charge in [-0.05, 0) is 24.3 Å². The van der Waals surface area contributed by atoms with Gasteiger partial charge in [0.25, 0.3) is 0 Å². The number of ketones is 1. The van der Waals surface area contributed by atoms with Crippen LogP contribution in [0.2, 0.25) is 0 Å². The Balaban J connectivity index is 2.00. The molecule has 1 aromatic carbocycles. The number of aliphatic hydroxyl groups is 1. The largest absolute Gasteiger partial charge is 0.388 e. The second-order valence-electron chi connectivity index (χ2n) is 3.83. The zero-order chi connectivity index (χ0) is 13.8. The van der Waals surface area contributed by atoms with E-state index in [9.17, 15) is 9.18 Å². The maximum atomic E-state index is 12.7. The molecule has 1 aromatic heterocycles. The van der Waals surface area contributed by atoms with Gasteiger partial charge in [0.15, 0.2) is 16.8 Å². The number of aromatic nitrogens is 3. The Bertz CT molecular complexity index is 583. The molecule has 1 N–H and O–H groups in total. The summed E-state index contributed by atoms with van der Waals surface area (Å²) in [5, 5.41) is 17.2. The summed E-state index contributed by atoms with van der Waals surface area (Å²) in [7, 11) is 1.72. The van der Waals surface area contributed by atoms with Crippen molar-refractivity contribution >= 4 is 17.5 Å². The highest BCUT2D eigenvalue weighted by Crippen LogP contribution is 2.17. The number of thioether (sulfide) groups is 1. The molecule has 0 bridgehead atoms. The quantitative estimate of drug-likeness (QED) is 0.663. The van der Waals surface area contributed by atoms with Gasteiger partial charge in [-0.1, -0.05) is 11.8 Å². The van der Waals surface area contributed by atoms with Gasteiger partial charge in [-0.25, -0.2) is 4.39 Å². The number of Topliss-reactive ketones (excluding diaryl/α,β-unsaturated/α-hetero) is 1. The average molecular weight is 281 g/mol. The normalized spacial score (nSPS) is 10.7. The van der Waals surface area contributed by atoms with Crippen LogP contribution in [-0.4, -0.2) is 31.4 Å². The lowest BCUT2D eigenvalue weighted by molar-refractivity contribution is 0.102. The fourth-order valence-electron chi connectivity index (χ4n) is 1.46. The van der Waals surface area contributed by atoms with E-state index in [1.54, 1.807) is 11.6 Å². The summed E-state index contributed by atoms with van der Waals surface area (Å²) >= 11 is 1.23. The molecule has 7 heteroatoms. The van der Waals surface area contributed by atoms with Crippen LogP contribution in [0.3, 0.4) is 0 Å². The smallest absolute Gasteiger partial charge is 0.191 e. The van der Waals surface area contributed by atoms with Crippen molar-refractivity contribution in [1.29, 1.82) is 0 Å². The molecule has 0 fully saturated rings. The SMILES string of the molecule is Cn1c(CO)nnc1SCC(=O)c1ccc(F)cc1. The fourth-order valence-corrected chi connectivity index (χ4v) is 2.28. The first-order valence-electron chi connectivity index (χ1n) is 5.52. The summed E-state index contributed by atoms with van der Waals surface area (Å²) in [6.45, 7) is -0.198. The van der Waals surface area contributed by atoms with Crippen molar-refractivity contribution in [3.8, 4) is 0 Å². The van der Waals surface area contributed by atoms with E-state index >= 15 is 0 Å². The molecule has 0 amide bonds. The number of aliphatic hydroxyl groups excluding tert-OH is 1. The minimum Gasteiger partial charge on any atom is -0.388 e. The third-order valence-corrected chi connectivity index (χ3v) is 3.59. The van der Waals surface area contributed by atoms with Crippen LogP contribution in [0.4, 0.5) is 4.39 Å². The van der Waals surface area contributed by atoms with Crippen molar-refractivity contribution in [1.82, 2.24) is 14.8 Å². The van der Waals surface area contributed by atoms with E-state index in [0.29, 0.717) is 16.5 Å². The van der Waals surface area contributed by atoms with Crippen LogP contribution in [0, 0.1) is 5.82 Å². The Labute approximate surface area is 113 Å². The number of nitrogens with zero attached hydrogens (tertiary/aromatic N) is 3. The lowest BCUT2D eigenvalue weighted by Crippen LogP contribution is -2.04. The molecule has 0 saturated heterocycles. The van der Waals surface area contributed by atoms with Gasteiger partial charge in [0.1, 0.15) is 12.4 Å². The molecule has 2 aromatic rings. The van der Waals surface area contributed by atoms with E-state index < -0.39 is 0 Å². The monoisotopic (exact) mass is 281 g/mol. The first kappa shape index (κ1) is 13.7. The first-order chi connectivity index (χ1) is 9.11. The molecule has 1 heterocycles. The van der Waals surface area contributed by atoms with E-state index in [2.05, 4.69) is 10.2 Å². The Kier molecular flexibility index (Phi) is 4.28. The highest BCUT2D eigenvalue weighted by atomic mass is 32.2. The molecule has 0 aliphatic heterocycles. The van der Waals surface area contributed by atoms with E-state index in [4.69, 9.17) is 5.11 Å². The van der Waals surface area contributed by atoms with Crippen molar-refractivity contribution < 1.29 is 14.3 Å². The molecule has 5 nitrogen and oxygen atoms in total. The number of hydrogen-bond donors (Lipinski definition) is 1. The summed E-state index contributed by atoms with van der Waals surface area (Å²) < 4.78 is 14.4. The fraction of sp³-hybridized carbons (Fsp3) is 0.250. The average Bonchev–Trinajstić information content (AvgIpc) is 2.77. The number of carbonyl (C=O) groups is 1. The van der Waals surface area contributed by atoms with Gasteiger partial charge in [-0.15, -0.1) is 10.2 Å². The van der Waals surface area contributed by atoms with Crippen LogP contribution in [0.1, 0.15) is 16.2 Å². The number of benzene rings is 1. The third kappa shape index (κ3) is 3.18. The molecule has 0 aliphatic carbocycles. The molecule has 0 saturated carbocycles. The minimum absolute atomic E-state index is 0.112. The van der Waals surface area contributed by atoms with Crippen LogP contribution >= 0.6 is 11.8 Å². The second kappa shape index (κ2) is 5.94. The Hall–Kier alpha value is -1.73. The van der Waals surface area contributed by atoms with Crippen LogP contribution in [0.15, 0.2) is 29.4 Å². The van der Waals surface area contributed by atoms with Gasteiger partial charge >= 0.3 is 0 Å². The van der Waals surface area contributed by atoms with E-state index in [0.717, 1.165) is 0 Å². The highest BCUT2D eigenvalue weighted by Gasteiger charge is 2.12. The zero-order valence-electron chi connectivity index (χ0n) is 10.2. The summed E-state index contributed by atoms with van der Waals surface area (Å²) in [5.41, 5.74) is 0.457. The van der Waals surface area contributed by atoms with Gasteiger partial charge in [0.2, 0.25) is 0 Å². The standard InChI is InChI=1S/C12H12FN3O2S/c1-16-11(6-17)14-15-12(16)19-7-10(18)8-2-4-9(13)5-3-8/h2-5,17H,6-7H2,1H3. The summed E-state index contributed by atoms with van der Waals surface area (Å²) in [6, 6.07) is 5.41. The van der Waals surface area contributed by atoms with Crippen LogP contribution in [0.5, 0.6) is 0 Å². The van der Waals surface area contributed by atoms with E-state index in [-0.39, 0.29) is 24.0 Å². The molecule has 0 spiro atoms. The molecule has 0 unspecified atom stereocenters. The molecule has 2 rings (SSSR count). The van der Waals surface area contributed by atoms with Crippen molar-refractivity contribution in [2.75, 3.05) is 5.75 Å². The molecular weight excluding hydrogens is 269 g/mol. The van der Waals surface area contributed by atoms with E-state index in [1.807, 2.05) is 0 Å². The Morgan fingerprint density at radius 2 is 2.05 bits per heavy atom. The first-order valence-corrected chi connectivity index (χ1v) is 6.51. The minimum atomic E-state index is -0.370. The number of hydrogen-bond acceptors (Lipinski definition) is 5. The van der Waals surface area contributed by atoms with Crippen LogP contribution in [0.25, 0.3) is 0 Å². The van der Waals surface area contributed by atoms with Crippen molar-refractivity contribution in [2.45, 2.75) is 11.8 Å². The van der Waals surface area contributed by atoms with Gasteiger partial charge < -0.3 is 9.67 Å². The summed E-state index contributed by atoms with van der Waals surface area (Å²) in [4.78, 5) is 11.9. The molecular formula is C12H12FN3O2S. The molecule has 0 atom stereocenters. The van der Waals surface area contributed by atoms with Crippen molar-refractivity contribution in [3.05, 3.63) is 41.5 Å². The van der Waals surface area contributed by atoms with Gasteiger partial charge in [0, 0.05) is 12.6 Å². The summed E-state index contributed by atoms with van der Waals surface area (Å²) in [6.07, 6.45) is 0. The molecule has 0 aliphatic rings. The van der Waals surface area contributed by atoms with Gasteiger partial charge in [0.05, 0.1) is 5.75 Å². The Morgan fingerprint density at radius 3 is 2.63 bits per heavy atom. The lowest BCUT2D eigenvalue weighted by atomic mass is 10.1. The maximum Gasteiger partial charge on any atom is 0.191 e. The lowest BCUT2D eigenvalue weighted by Gasteiger charge is -2.02. The van der Waals surface area contributed by atoms with Crippen molar-refractivity contribution in [2.24, 2.45) is 7.05 Å². The topological polar surface area (TPSA) is 68.0 Å². The predicted molar refractivity (Wildman–Crippen MR) is 68.4 cm³/mol. The molecule has 19 heavy (non-hydrogen) atoms. The maximum absolute atomic E-state index is 12.7. The molecule has 0 radical (unpaired) electrons. The highest BCUT2D eigenvalue weighted by molar-refractivity contribution is 7.99. The van der Waals surface area contributed by atoms with Crippen LogP contribution < -0.4 is 0 Å². The summed E-state index contributed by atoms with van der Waals surface area (Å²) in [5.74, 6) is 0.142. The second-order valence-corrected chi connectivity index (χ2v) is 4.78. The number of rotatable bonds is 5. The zero-order valence-corrected chi connectivity index (χ0v) is 11.0. The van der Waals surface area contributed by atoms with Gasteiger partial charge in [-0.2, -0.15) is 0 Å². The van der Waals surface area contributed by atoms with Gasteiger partial charge in [-0.3, -0.25) is 4.79 Å². The predicted octanol–water partition coefficient (Wildman–Crippen LogP) is 1.42. The Morgan fingerprint density at radius 1 is 1.37 bits per heavy atom. The van der Waals surface area contributed by atoms with Crippen molar-refractivity contribution in [3.63, 3.8) is 0 Å². The molecule has 100 valence electrons. The number of carbonyl (C=O) groups excluding carboxylic acids is 1. The van der Waals surface area contributed by atoms with E-state index in [1.165, 1.54) is 36.0 Å². The number of halogens is 1. The third-order valence-electron chi connectivity index (χ3n) is 2.57.